The molecule has 90 valence electrons. The Morgan fingerprint density at radius 1 is 1.44 bits per heavy atom. The maximum absolute atomic E-state index is 13.7. The molecule has 0 aliphatic carbocycles. The molecule has 1 rings (SSSR count). The number of nitrogens with two attached hydrogens (primary N) is 1. The molecular weight excluding hydrogens is 225 g/mol. The van der Waals surface area contributed by atoms with Crippen molar-refractivity contribution >= 4 is 11.6 Å². The van der Waals surface area contributed by atoms with Crippen molar-refractivity contribution in [1.82, 2.24) is 0 Å². The molecule has 2 N–H and O–H groups in total. The summed E-state index contributed by atoms with van der Waals surface area (Å²) in [4.78, 5) is 0. The van der Waals surface area contributed by atoms with Crippen molar-refractivity contribution in [2.24, 2.45) is 11.7 Å². The molecule has 0 bridgehead atoms. The van der Waals surface area contributed by atoms with Gasteiger partial charge in [-0.3, -0.25) is 0 Å². The van der Waals surface area contributed by atoms with Gasteiger partial charge in [-0.25, -0.2) is 4.39 Å². The summed E-state index contributed by atoms with van der Waals surface area (Å²) in [7, 11) is 0. The predicted molar refractivity (Wildman–Crippen MR) is 67.0 cm³/mol. The lowest BCUT2D eigenvalue weighted by Gasteiger charge is -2.18. The zero-order valence-corrected chi connectivity index (χ0v) is 10.6. The third kappa shape index (κ3) is 3.46. The summed E-state index contributed by atoms with van der Waals surface area (Å²) >= 11 is 5.73. The predicted octanol–water partition coefficient (Wildman–Crippen LogP) is 4.31. The van der Waals surface area contributed by atoms with Gasteiger partial charge in [-0.1, -0.05) is 50.4 Å². The van der Waals surface area contributed by atoms with Crippen LogP contribution in [-0.2, 0) is 0 Å². The van der Waals surface area contributed by atoms with Gasteiger partial charge in [-0.2, -0.15) is 0 Å². The monoisotopic (exact) mass is 243 g/mol. The highest BCUT2D eigenvalue weighted by Gasteiger charge is 2.15. The smallest absolute Gasteiger partial charge is 0.146 e. The summed E-state index contributed by atoms with van der Waals surface area (Å²) in [5.74, 6) is 0.138. The molecule has 1 aromatic rings. The Kier molecular flexibility index (Phi) is 5.23. The van der Waals surface area contributed by atoms with E-state index in [1.165, 1.54) is 0 Å². The van der Waals surface area contributed by atoms with Crippen LogP contribution >= 0.6 is 11.6 Å². The third-order valence-electron chi connectivity index (χ3n) is 2.82. The highest BCUT2D eigenvalue weighted by molar-refractivity contribution is 6.30. The van der Waals surface area contributed by atoms with Crippen molar-refractivity contribution in [3.8, 4) is 0 Å². The lowest BCUT2D eigenvalue weighted by Crippen LogP contribution is -2.15. The molecule has 0 spiro atoms. The molecule has 0 saturated heterocycles. The fourth-order valence-electron chi connectivity index (χ4n) is 1.98. The minimum atomic E-state index is -0.375. The van der Waals surface area contributed by atoms with Gasteiger partial charge in [0.1, 0.15) is 5.82 Å². The topological polar surface area (TPSA) is 26.0 Å². The Labute approximate surface area is 102 Å². The van der Waals surface area contributed by atoms with Crippen molar-refractivity contribution in [3.63, 3.8) is 0 Å². The van der Waals surface area contributed by atoms with E-state index < -0.39 is 0 Å². The van der Waals surface area contributed by atoms with E-state index in [4.69, 9.17) is 17.3 Å². The van der Waals surface area contributed by atoms with E-state index in [0.717, 1.165) is 19.3 Å². The van der Waals surface area contributed by atoms with Crippen LogP contribution in [0.15, 0.2) is 18.2 Å². The quantitative estimate of drug-likeness (QED) is 0.820. The molecule has 16 heavy (non-hydrogen) atoms. The molecule has 1 aromatic carbocycles. The van der Waals surface area contributed by atoms with Gasteiger partial charge in [0.15, 0.2) is 0 Å². The van der Waals surface area contributed by atoms with Gasteiger partial charge < -0.3 is 5.73 Å². The number of benzene rings is 1. The highest BCUT2D eigenvalue weighted by Crippen LogP contribution is 2.27. The van der Waals surface area contributed by atoms with Crippen LogP contribution in [0.4, 0.5) is 4.39 Å². The second-order valence-electron chi connectivity index (χ2n) is 4.38. The van der Waals surface area contributed by atoms with E-state index in [9.17, 15) is 4.39 Å². The average Bonchev–Trinajstić information content (AvgIpc) is 2.22. The molecule has 0 saturated carbocycles. The first-order chi connectivity index (χ1) is 7.56. The fraction of sp³-hybridized carbons (Fsp3) is 0.538. The Morgan fingerprint density at radius 3 is 2.75 bits per heavy atom. The zero-order chi connectivity index (χ0) is 12.1. The second kappa shape index (κ2) is 6.21. The van der Waals surface area contributed by atoms with Gasteiger partial charge >= 0.3 is 0 Å². The summed E-state index contributed by atoms with van der Waals surface area (Å²) in [6.07, 6.45) is 3.05. The summed E-state index contributed by atoms with van der Waals surface area (Å²) in [6, 6.07) is 4.73. The summed E-state index contributed by atoms with van der Waals surface area (Å²) in [5.41, 5.74) is 6.52. The molecule has 0 heterocycles. The van der Waals surface area contributed by atoms with Crippen LogP contribution in [0.1, 0.15) is 44.7 Å². The van der Waals surface area contributed by atoms with Crippen LogP contribution < -0.4 is 5.73 Å². The number of rotatable bonds is 5. The van der Waals surface area contributed by atoms with E-state index in [-0.39, 0.29) is 16.9 Å². The normalized spacial score (nSPS) is 14.8. The fourth-order valence-corrected chi connectivity index (χ4v) is 2.16. The Hall–Kier alpha value is -0.600. The van der Waals surface area contributed by atoms with Gasteiger partial charge in [-0.05, 0) is 18.4 Å². The Balaban J connectivity index is 2.72. The molecule has 2 unspecified atom stereocenters. The molecular formula is C13H19ClFN. The Bertz CT molecular complexity index is 341. The minimum absolute atomic E-state index is 0.149. The maximum Gasteiger partial charge on any atom is 0.146 e. The highest BCUT2D eigenvalue weighted by atomic mass is 35.5. The molecule has 0 fully saturated rings. The van der Waals surface area contributed by atoms with Gasteiger partial charge in [0, 0.05) is 11.6 Å². The number of hydrogen-bond acceptors (Lipinski definition) is 1. The Morgan fingerprint density at radius 2 is 2.12 bits per heavy atom. The van der Waals surface area contributed by atoms with Crippen molar-refractivity contribution < 1.29 is 4.39 Å². The van der Waals surface area contributed by atoms with Crippen molar-refractivity contribution in [2.75, 3.05) is 0 Å². The number of hydrogen-bond donors (Lipinski definition) is 1. The summed E-state index contributed by atoms with van der Waals surface area (Å²) in [6.45, 7) is 4.29. The van der Waals surface area contributed by atoms with Gasteiger partial charge in [0.2, 0.25) is 0 Å². The lowest BCUT2D eigenvalue weighted by atomic mass is 9.93. The molecule has 3 heteroatoms. The maximum atomic E-state index is 13.7. The van der Waals surface area contributed by atoms with E-state index >= 15 is 0 Å². The van der Waals surface area contributed by atoms with E-state index in [2.05, 4.69) is 13.8 Å². The number of halogens is 2. The van der Waals surface area contributed by atoms with Crippen LogP contribution in [0.5, 0.6) is 0 Å². The van der Waals surface area contributed by atoms with Crippen LogP contribution in [0.2, 0.25) is 5.02 Å². The van der Waals surface area contributed by atoms with Gasteiger partial charge in [-0.15, -0.1) is 0 Å². The second-order valence-corrected chi connectivity index (χ2v) is 4.79. The van der Waals surface area contributed by atoms with Crippen LogP contribution in [0, 0.1) is 11.7 Å². The van der Waals surface area contributed by atoms with Crippen molar-refractivity contribution in [3.05, 3.63) is 34.6 Å². The molecule has 0 aromatic heterocycles. The first-order valence-electron chi connectivity index (χ1n) is 5.75. The van der Waals surface area contributed by atoms with E-state index in [1.807, 2.05) is 0 Å². The molecule has 0 aliphatic rings. The van der Waals surface area contributed by atoms with Crippen LogP contribution in [-0.4, -0.2) is 0 Å². The van der Waals surface area contributed by atoms with Crippen LogP contribution in [0.3, 0.4) is 0 Å². The van der Waals surface area contributed by atoms with E-state index in [1.54, 1.807) is 18.2 Å². The molecule has 2 atom stereocenters. The molecule has 0 radical (unpaired) electrons. The summed E-state index contributed by atoms with van der Waals surface area (Å²) < 4.78 is 13.7. The van der Waals surface area contributed by atoms with Gasteiger partial charge in [0.05, 0.1) is 5.02 Å². The minimum Gasteiger partial charge on any atom is -0.324 e. The molecule has 0 aliphatic heterocycles. The average molecular weight is 244 g/mol. The van der Waals surface area contributed by atoms with Crippen LogP contribution in [0.25, 0.3) is 0 Å². The van der Waals surface area contributed by atoms with Crippen molar-refractivity contribution in [1.29, 1.82) is 0 Å². The SMILES string of the molecule is CCCC(C)CC(N)c1cccc(Cl)c1F. The largest absolute Gasteiger partial charge is 0.324 e. The molecule has 0 amide bonds. The first kappa shape index (κ1) is 13.5. The zero-order valence-electron chi connectivity index (χ0n) is 9.84. The molecule has 1 nitrogen and oxygen atoms in total. The standard InChI is InChI=1S/C13H19ClFN/c1-3-5-9(2)8-12(16)10-6-4-7-11(14)13(10)15/h4,6-7,9,12H,3,5,8,16H2,1-2H3. The van der Waals surface area contributed by atoms with E-state index in [0.29, 0.717) is 11.5 Å². The van der Waals surface area contributed by atoms with Crippen molar-refractivity contribution in [2.45, 2.75) is 39.2 Å². The lowest BCUT2D eigenvalue weighted by molar-refractivity contribution is 0.431. The third-order valence-corrected chi connectivity index (χ3v) is 3.11. The van der Waals surface area contributed by atoms with Gasteiger partial charge in [0.25, 0.3) is 0 Å². The summed E-state index contributed by atoms with van der Waals surface area (Å²) in [5, 5.41) is 0.149. The first-order valence-corrected chi connectivity index (χ1v) is 6.13.